The molecule has 6 heteroatoms. The first kappa shape index (κ1) is 28.0. The lowest BCUT2D eigenvalue weighted by atomic mass is 9.92. The molecule has 0 amide bonds. The molecule has 0 radical (unpaired) electrons. The number of rotatable bonds is 11. The zero-order chi connectivity index (χ0) is 27.1. The van der Waals surface area contributed by atoms with Crippen LogP contribution in [-0.4, -0.2) is 57.8 Å². The van der Waals surface area contributed by atoms with Crippen LogP contribution in [0.15, 0.2) is 60.7 Å². The first-order valence-corrected chi connectivity index (χ1v) is 13.5. The maximum Gasteiger partial charge on any atom is 0.127 e. The van der Waals surface area contributed by atoms with Crippen LogP contribution in [0.5, 0.6) is 17.2 Å². The third-order valence-electron chi connectivity index (χ3n) is 7.39. The van der Waals surface area contributed by atoms with E-state index in [-0.39, 0.29) is 0 Å². The summed E-state index contributed by atoms with van der Waals surface area (Å²) >= 11 is 0. The van der Waals surface area contributed by atoms with Gasteiger partial charge >= 0.3 is 0 Å². The number of hydrogen-bond donors (Lipinski definition) is 1. The van der Waals surface area contributed by atoms with Gasteiger partial charge < -0.3 is 19.5 Å². The van der Waals surface area contributed by atoms with E-state index < -0.39 is 0 Å². The summed E-state index contributed by atoms with van der Waals surface area (Å²) < 4.78 is 16.8. The summed E-state index contributed by atoms with van der Waals surface area (Å²) in [4.78, 5) is 4.82. The second-order valence-electron chi connectivity index (χ2n) is 10.5. The Hall–Kier alpha value is -3.06. The fourth-order valence-electron chi connectivity index (χ4n) is 5.41. The van der Waals surface area contributed by atoms with E-state index in [9.17, 15) is 0 Å². The normalized spacial score (nSPS) is 16.2. The first-order valence-electron chi connectivity index (χ1n) is 13.5. The molecule has 0 saturated carbocycles. The van der Waals surface area contributed by atoms with Crippen LogP contribution in [0.1, 0.15) is 53.6 Å². The van der Waals surface area contributed by atoms with Crippen molar-refractivity contribution in [2.24, 2.45) is 0 Å². The maximum absolute atomic E-state index is 5.84. The minimum atomic E-state index is 0.354. The average molecular weight is 518 g/mol. The van der Waals surface area contributed by atoms with Crippen LogP contribution in [-0.2, 0) is 19.6 Å². The molecule has 1 heterocycles. The Morgan fingerprint density at radius 2 is 1.58 bits per heavy atom. The molecule has 6 nitrogen and oxygen atoms in total. The lowest BCUT2D eigenvalue weighted by Crippen LogP contribution is -2.45. The number of nitrogens with zero attached hydrogens (tertiary/aromatic N) is 2. The van der Waals surface area contributed by atoms with Crippen molar-refractivity contribution in [3.8, 4) is 17.2 Å². The first-order chi connectivity index (χ1) is 18.4. The molecule has 3 aromatic carbocycles. The van der Waals surface area contributed by atoms with Crippen molar-refractivity contribution in [3.63, 3.8) is 0 Å². The van der Waals surface area contributed by atoms with Crippen molar-refractivity contribution in [2.75, 3.05) is 48.0 Å². The smallest absolute Gasteiger partial charge is 0.127 e. The molecule has 0 aliphatic carbocycles. The Kier molecular flexibility index (Phi) is 9.67. The molecule has 1 N–H and O–H groups in total. The van der Waals surface area contributed by atoms with Crippen LogP contribution in [0.3, 0.4) is 0 Å². The van der Waals surface area contributed by atoms with E-state index in [2.05, 4.69) is 84.5 Å². The number of methoxy groups -OCH3 is 3. The van der Waals surface area contributed by atoms with Crippen LogP contribution in [0, 0.1) is 0 Å². The van der Waals surface area contributed by atoms with Gasteiger partial charge in [0, 0.05) is 62.5 Å². The minimum Gasteiger partial charge on any atom is -0.497 e. The van der Waals surface area contributed by atoms with E-state index in [1.165, 1.54) is 22.3 Å². The summed E-state index contributed by atoms with van der Waals surface area (Å²) in [6.45, 7) is 10.0. The molecule has 1 fully saturated rings. The van der Waals surface area contributed by atoms with E-state index in [1.54, 1.807) is 21.3 Å². The third kappa shape index (κ3) is 6.87. The van der Waals surface area contributed by atoms with Crippen LogP contribution >= 0.6 is 0 Å². The molecule has 0 unspecified atom stereocenters. The number of nitrogens with one attached hydrogen (secondary N) is 1. The van der Waals surface area contributed by atoms with E-state index in [0.717, 1.165) is 62.1 Å². The fraction of sp³-hybridized carbons (Fsp3) is 0.438. The average Bonchev–Trinajstić information content (AvgIpc) is 2.94. The predicted octanol–water partition coefficient (Wildman–Crippen LogP) is 5.61. The standard InChI is InChI=1S/C32H43N3O3/c1-23(2)28-9-7-8-10-29(28)30-22-35(16-15-33-30)19-24-11-12-25(31(17-24)37-5)20-34(3)21-26-13-14-27(36-4)18-32(26)38-6/h7-14,17-18,23,30,33H,15-16,19-22H2,1-6H3/t30-/m0/s1. The van der Waals surface area contributed by atoms with Crippen molar-refractivity contribution in [1.82, 2.24) is 15.1 Å². The van der Waals surface area contributed by atoms with E-state index >= 15 is 0 Å². The molecule has 3 aromatic rings. The summed E-state index contributed by atoms with van der Waals surface area (Å²) in [6, 6.07) is 21.9. The molecule has 204 valence electrons. The van der Waals surface area contributed by atoms with Gasteiger partial charge in [-0.1, -0.05) is 56.3 Å². The van der Waals surface area contributed by atoms with Gasteiger partial charge in [0.15, 0.2) is 0 Å². The number of ether oxygens (including phenoxy) is 3. The van der Waals surface area contributed by atoms with Crippen LogP contribution < -0.4 is 19.5 Å². The second kappa shape index (κ2) is 13.1. The summed E-state index contributed by atoms with van der Waals surface area (Å²) in [5.74, 6) is 3.09. The molecule has 0 bridgehead atoms. The Labute approximate surface area is 228 Å². The molecular weight excluding hydrogens is 474 g/mol. The summed E-state index contributed by atoms with van der Waals surface area (Å²) in [6.07, 6.45) is 0. The third-order valence-corrected chi connectivity index (χ3v) is 7.39. The van der Waals surface area contributed by atoms with Crippen LogP contribution in [0.25, 0.3) is 0 Å². The van der Waals surface area contributed by atoms with Crippen molar-refractivity contribution in [3.05, 3.63) is 88.5 Å². The zero-order valence-corrected chi connectivity index (χ0v) is 23.8. The van der Waals surface area contributed by atoms with Gasteiger partial charge in [-0.25, -0.2) is 0 Å². The molecular formula is C32H43N3O3. The van der Waals surface area contributed by atoms with Gasteiger partial charge in [0.25, 0.3) is 0 Å². The van der Waals surface area contributed by atoms with Gasteiger partial charge in [-0.05, 0) is 41.8 Å². The Morgan fingerprint density at radius 1 is 0.895 bits per heavy atom. The molecule has 0 aromatic heterocycles. The summed E-state index contributed by atoms with van der Waals surface area (Å²) in [5, 5.41) is 3.75. The number of piperazine rings is 1. The summed E-state index contributed by atoms with van der Waals surface area (Å²) in [5.41, 5.74) is 6.45. The second-order valence-corrected chi connectivity index (χ2v) is 10.5. The zero-order valence-electron chi connectivity index (χ0n) is 23.8. The fourth-order valence-corrected chi connectivity index (χ4v) is 5.41. The molecule has 4 rings (SSSR count). The maximum atomic E-state index is 5.84. The van der Waals surface area contributed by atoms with Gasteiger partial charge in [0.05, 0.1) is 21.3 Å². The quantitative estimate of drug-likeness (QED) is 0.357. The lowest BCUT2D eigenvalue weighted by Gasteiger charge is -2.35. The van der Waals surface area contributed by atoms with E-state index in [0.29, 0.717) is 12.0 Å². The van der Waals surface area contributed by atoms with Crippen molar-refractivity contribution >= 4 is 0 Å². The highest BCUT2D eigenvalue weighted by Crippen LogP contribution is 2.29. The molecule has 0 spiro atoms. The largest absolute Gasteiger partial charge is 0.497 e. The predicted molar refractivity (Wildman–Crippen MR) is 154 cm³/mol. The minimum absolute atomic E-state index is 0.354. The Balaban J connectivity index is 1.41. The van der Waals surface area contributed by atoms with Crippen molar-refractivity contribution < 1.29 is 14.2 Å². The monoisotopic (exact) mass is 517 g/mol. The number of hydrogen-bond acceptors (Lipinski definition) is 6. The SMILES string of the molecule is COc1ccc(CN(C)Cc2ccc(CN3CCN[C@H](c4ccccc4C(C)C)C3)cc2OC)c(OC)c1. The molecule has 1 saturated heterocycles. The van der Waals surface area contributed by atoms with Gasteiger partial charge in [-0.15, -0.1) is 0 Å². The highest BCUT2D eigenvalue weighted by atomic mass is 16.5. The van der Waals surface area contributed by atoms with Gasteiger partial charge in [0.2, 0.25) is 0 Å². The van der Waals surface area contributed by atoms with Crippen LogP contribution in [0.2, 0.25) is 0 Å². The lowest BCUT2D eigenvalue weighted by molar-refractivity contribution is 0.192. The summed E-state index contributed by atoms with van der Waals surface area (Å²) in [7, 11) is 7.25. The van der Waals surface area contributed by atoms with E-state index in [4.69, 9.17) is 14.2 Å². The molecule has 1 aliphatic heterocycles. The van der Waals surface area contributed by atoms with Gasteiger partial charge in [-0.3, -0.25) is 9.80 Å². The Bertz CT molecular complexity index is 1200. The molecule has 38 heavy (non-hydrogen) atoms. The molecule has 1 aliphatic rings. The van der Waals surface area contributed by atoms with Crippen molar-refractivity contribution in [1.29, 1.82) is 0 Å². The van der Waals surface area contributed by atoms with Gasteiger partial charge in [-0.2, -0.15) is 0 Å². The van der Waals surface area contributed by atoms with Crippen LogP contribution in [0.4, 0.5) is 0 Å². The number of benzene rings is 3. The highest BCUT2D eigenvalue weighted by molar-refractivity contribution is 5.41. The topological polar surface area (TPSA) is 46.2 Å². The van der Waals surface area contributed by atoms with E-state index in [1.807, 2.05) is 12.1 Å². The Morgan fingerprint density at radius 3 is 2.26 bits per heavy atom. The van der Waals surface area contributed by atoms with Crippen molar-refractivity contribution in [2.45, 2.75) is 45.4 Å². The van der Waals surface area contributed by atoms with Gasteiger partial charge in [0.1, 0.15) is 17.2 Å². The highest BCUT2D eigenvalue weighted by Gasteiger charge is 2.23. The molecule has 1 atom stereocenters.